The van der Waals surface area contributed by atoms with Crippen molar-refractivity contribution < 1.29 is 13.2 Å². The Morgan fingerprint density at radius 3 is 2.30 bits per heavy atom. The van der Waals surface area contributed by atoms with E-state index in [4.69, 9.17) is 0 Å². The van der Waals surface area contributed by atoms with Gasteiger partial charge in [-0.05, 0) is 67.6 Å². The summed E-state index contributed by atoms with van der Waals surface area (Å²) < 4.78 is 28.6. The van der Waals surface area contributed by atoms with Crippen LogP contribution in [0.25, 0.3) is 0 Å². The van der Waals surface area contributed by atoms with Crippen molar-refractivity contribution in [1.82, 2.24) is 4.31 Å². The van der Waals surface area contributed by atoms with Crippen molar-refractivity contribution in [3.63, 3.8) is 0 Å². The lowest BCUT2D eigenvalue weighted by Crippen LogP contribution is -2.48. The predicted octanol–water partition coefficient (Wildman–Crippen LogP) is 3.85. The van der Waals surface area contributed by atoms with Crippen LogP contribution < -0.4 is 9.80 Å². The van der Waals surface area contributed by atoms with Gasteiger partial charge in [0.05, 0.1) is 4.90 Å². The maximum absolute atomic E-state index is 13.5. The summed E-state index contributed by atoms with van der Waals surface area (Å²) in [6, 6.07) is 11.7. The molecule has 7 heteroatoms. The zero-order valence-corrected chi connectivity index (χ0v) is 20.8. The first kappa shape index (κ1) is 22.4. The number of hydrogen-bond donors (Lipinski definition) is 0. The second-order valence-electron chi connectivity index (χ2n) is 10.4. The van der Waals surface area contributed by atoms with Crippen molar-refractivity contribution in [1.29, 1.82) is 0 Å². The third-order valence-electron chi connectivity index (χ3n) is 7.32. The number of hydrogen-bond acceptors (Lipinski definition) is 4. The minimum Gasteiger partial charge on any atom is -0.369 e. The molecule has 1 aliphatic carbocycles. The second-order valence-corrected chi connectivity index (χ2v) is 12.4. The average Bonchev–Trinajstić information content (AvgIpc) is 3.60. The van der Waals surface area contributed by atoms with Crippen molar-refractivity contribution in [2.45, 2.75) is 50.8 Å². The molecule has 0 unspecified atom stereocenters. The van der Waals surface area contributed by atoms with Crippen molar-refractivity contribution in [2.24, 2.45) is 5.92 Å². The third kappa shape index (κ3) is 3.95. The van der Waals surface area contributed by atoms with E-state index in [1.807, 2.05) is 17.0 Å². The first-order valence-electron chi connectivity index (χ1n) is 11.9. The van der Waals surface area contributed by atoms with Crippen LogP contribution in [-0.2, 0) is 20.2 Å². The minimum atomic E-state index is -3.60. The SMILES string of the molecule is Cc1ccc(C)c(N2CCN(S(=O)(=O)c3ccc4c(c3)C(C)(C)CN4C(=O)C3CC3)CC2)c1. The minimum absolute atomic E-state index is 0.142. The molecule has 2 aromatic rings. The Morgan fingerprint density at radius 1 is 0.939 bits per heavy atom. The van der Waals surface area contributed by atoms with Crippen LogP contribution in [0.15, 0.2) is 41.3 Å². The number of rotatable bonds is 4. The van der Waals surface area contributed by atoms with E-state index in [-0.39, 0.29) is 17.2 Å². The first-order valence-corrected chi connectivity index (χ1v) is 13.3. The van der Waals surface area contributed by atoms with E-state index in [1.165, 1.54) is 16.8 Å². The summed E-state index contributed by atoms with van der Waals surface area (Å²) >= 11 is 0. The number of nitrogens with zero attached hydrogens (tertiary/aromatic N) is 3. The van der Waals surface area contributed by atoms with Crippen LogP contribution in [0.1, 0.15) is 43.4 Å². The van der Waals surface area contributed by atoms with Crippen LogP contribution in [0.2, 0.25) is 0 Å². The fourth-order valence-corrected chi connectivity index (χ4v) is 6.59. The summed E-state index contributed by atoms with van der Waals surface area (Å²) in [4.78, 5) is 17.3. The number of sulfonamides is 1. The standard InChI is InChI=1S/C26H33N3O3S/c1-18-5-6-19(2)24(15-18)27-11-13-28(14-12-27)33(31,32)21-9-10-23-22(16-21)26(3,4)17-29(23)25(30)20-7-8-20/h5-6,9-10,15-16,20H,7-8,11-14,17H2,1-4H3. The summed E-state index contributed by atoms with van der Waals surface area (Å²) in [6.45, 7) is 11.2. The fraction of sp³-hybridized carbons (Fsp3) is 0.500. The molecule has 33 heavy (non-hydrogen) atoms. The number of carbonyl (C=O) groups is 1. The van der Waals surface area contributed by atoms with Crippen LogP contribution in [-0.4, -0.2) is 51.4 Å². The molecular weight excluding hydrogens is 434 g/mol. The molecule has 0 N–H and O–H groups in total. The van der Waals surface area contributed by atoms with Gasteiger partial charge in [0, 0.05) is 55.4 Å². The van der Waals surface area contributed by atoms with Gasteiger partial charge in [0.15, 0.2) is 0 Å². The Kier molecular flexibility index (Phi) is 5.33. The van der Waals surface area contributed by atoms with E-state index in [0.29, 0.717) is 37.6 Å². The average molecular weight is 468 g/mol. The molecule has 3 aliphatic rings. The van der Waals surface area contributed by atoms with Gasteiger partial charge in [-0.25, -0.2) is 8.42 Å². The van der Waals surface area contributed by atoms with E-state index >= 15 is 0 Å². The Hall–Kier alpha value is -2.38. The van der Waals surface area contributed by atoms with E-state index in [2.05, 4.69) is 50.8 Å². The molecule has 5 rings (SSSR count). The van der Waals surface area contributed by atoms with Gasteiger partial charge in [-0.1, -0.05) is 26.0 Å². The molecule has 1 amide bonds. The second kappa shape index (κ2) is 7.84. The van der Waals surface area contributed by atoms with Gasteiger partial charge in [-0.15, -0.1) is 0 Å². The van der Waals surface area contributed by atoms with E-state index < -0.39 is 10.0 Å². The predicted molar refractivity (Wildman–Crippen MR) is 131 cm³/mol. The van der Waals surface area contributed by atoms with Gasteiger partial charge in [-0.3, -0.25) is 4.79 Å². The normalized spacial score (nSPS) is 20.7. The van der Waals surface area contributed by atoms with E-state index in [0.717, 1.165) is 24.1 Å². The van der Waals surface area contributed by atoms with Crippen molar-refractivity contribution in [3.05, 3.63) is 53.1 Å². The highest BCUT2D eigenvalue weighted by atomic mass is 32.2. The molecule has 0 atom stereocenters. The third-order valence-corrected chi connectivity index (χ3v) is 9.21. The van der Waals surface area contributed by atoms with Crippen LogP contribution >= 0.6 is 0 Å². The van der Waals surface area contributed by atoms with Crippen LogP contribution in [0, 0.1) is 19.8 Å². The quantitative estimate of drug-likeness (QED) is 0.685. The topological polar surface area (TPSA) is 60.9 Å². The zero-order valence-electron chi connectivity index (χ0n) is 20.0. The number of piperazine rings is 1. The Morgan fingerprint density at radius 2 is 1.64 bits per heavy atom. The van der Waals surface area contributed by atoms with Crippen LogP contribution in [0.3, 0.4) is 0 Å². The highest BCUT2D eigenvalue weighted by Gasteiger charge is 2.43. The highest BCUT2D eigenvalue weighted by Crippen LogP contribution is 2.44. The maximum Gasteiger partial charge on any atom is 0.243 e. The monoisotopic (exact) mass is 467 g/mol. The number of anilines is 2. The van der Waals surface area contributed by atoms with Crippen molar-refractivity contribution in [3.8, 4) is 0 Å². The van der Waals surface area contributed by atoms with Crippen LogP contribution in [0.4, 0.5) is 11.4 Å². The van der Waals surface area contributed by atoms with Crippen molar-refractivity contribution in [2.75, 3.05) is 42.5 Å². The van der Waals surface area contributed by atoms with Gasteiger partial charge in [0.2, 0.25) is 15.9 Å². The molecule has 0 spiro atoms. The summed E-state index contributed by atoms with van der Waals surface area (Å²) in [6.07, 6.45) is 1.93. The molecule has 1 saturated carbocycles. The Balaban J connectivity index is 1.37. The van der Waals surface area contributed by atoms with Crippen molar-refractivity contribution >= 4 is 27.3 Å². The molecule has 6 nitrogen and oxygen atoms in total. The number of benzene rings is 2. The molecular formula is C26H33N3O3S. The largest absolute Gasteiger partial charge is 0.369 e. The van der Waals surface area contributed by atoms with Crippen LogP contribution in [0.5, 0.6) is 0 Å². The van der Waals surface area contributed by atoms with E-state index in [1.54, 1.807) is 10.4 Å². The lowest BCUT2D eigenvalue weighted by atomic mass is 9.87. The zero-order chi connectivity index (χ0) is 23.5. The van der Waals surface area contributed by atoms with E-state index in [9.17, 15) is 13.2 Å². The van der Waals surface area contributed by atoms with Gasteiger partial charge >= 0.3 is 0 Å². The number of fused-ring (bicyclic) bond motifs is 1. The lowest BCUT2D eigenvalue weighted by molar-refractivity contribution is -0.119. The molecule has 2 aliphatic heterocycles. The lowest BCUT2D eigenvalue weighted by Gasteiger charge is -2.36. The maximum atomic E-state index is 13.5. The van der Waals surface area contributed by atoms with Gasteiger partial charge in [0.25, 0.3) is 0 Å². The highest BCUT2D eigenvalue weighted by molar-refractivity contribution is 7.89. The number of aryl methyl sites for hydroxylation is 2. The molecule has 0 aromatic heterocycles. The first-order chi connectivity index (χ1) is 15.6. The van der Waals surface area contributed by atoms with Gasteiger partial charge in [-0.2, -0.15) is 4.31 Å². The van der Waals surface area contributed by atoms with Gasteiger partial charge in [0.1, 0.15) is 0 Å². The summed E-state index contributed by atoms with van der Waals surface area (Å²) in [7, 11) is -3.60. The summed E-state index contributed by atoms with van der Waals surface area (Å²) in [5, 5.41) is 0. The molecule has 1 saturated heterocycles. The fourth-order valence-electron chi connectivity index (χ4n) is 5.14. The molecule has 2 aromatic carbocycles. The number of amides is 1. The summed E-state index contributed by atoms with van der Waals surface area (Å²) in [5.41, 5.74) is 5.16. The van der Waals surface area contributed by atoms with Gasteiger partial charge < -0.3 is 9.80 Å². The number of carbonyl (C=O) groups excluding carboxylic acids is 1. The smallest absolute Gasteiger partial charge is 0.243 e. The molecule has 2 heterocycles. The molecule has 176 valence electrons. The molecule has 0 radical (unpaired) electrons. The Labute approximate surface area is 197 Å². The molecule has 2 fully saturated rings. The summed E-state index contributed by atoms with van der Waals surface area (Å²) in [5.74, 6) is 0.323. The molecule has 0 bridgehead atoms. The Bertz CT molecular complexity index is 1210.